The molecule has 2 amide bonds. The second-order valence-corrected chi connectivity index (χ2v) is 7.26. The van der Waals surface area contributed by atoms with Gasteiger partial charge in [-0.15, -0.1) is 10.2 Å². The molecule has 9 nitrogen and oxygen atoms in total. The standard InChI is InChI=1S/C18H18ClN5O4S/c1-11-14(7-8-27-11)17-22-23-18(24(17)2)29-10-16(26)21-20-15(25)9-28-13-5-3-12(19)4-6-13/h3-8H,9-10H2,1-2H3,(H,20,25)(H,21,26). The molecule has 3 aromatic rings. The Kier molecular flexibility index (Phi) is 6.78. The van der Waals surface area contributed by atoms with Gasteiger partial charge in [0.25, 0.3) is 5.91 Å². The number of furan rings is 1. The third kappa shape index (κ3) is 5.52. The van der Waals surface area contributed by atoms with Gasteiger partial charge in [-0.2, -0.15) is 0 Å². The van der Waals surface area contributed by atoms with Crippen LogP contribution in [0.1, 0.15) is 5.76 Å². The fourth-order valence-corrected chi connectivity index (χ4v) is 3.15. The fourth-order valence-electron chi connectivity index (χ4n) is 2.31. The van der Waals surface area contributed by atoms with Gasteiger partial charge in [-0.25, -0.2) is 0 Å². The van der Waals surface area contributed by atoms with Gasteiger partial charge < -0.3 is 13.7 Å². The Labute approximate surface area is 175 Å². The predicted molar refractivity (Wildman–Crippen MR) is 107 cm³/mol. The van der Waals surface area contributed by atoms with Gasteiger partial charge in [0.15, 0.2) is 17.6 Å². The first kappa shape index (κ1) is 20.7. The van der Waals surface area contributed by atoms with E-state index in [0.717, 1.165) is 11.3 Å². The minimum atomic E-state index is -0.491. The van der Waals surface area contributed by atoms with Gasteiger partial charge in [-0.1, -0.05) is 23.4 Å². The Bertz CT molecular complexity index is 1000. The van der Waals surface area contributed by atoms with Crippen molar-refractivity contribution in [1.82, 2.24) is 25.6 Å². The van der Waals surface area contributed by atoms with Crippen LogP contribution in [0.3, 0.4) is 0 Å². The number of carbonyl (C=O) groups is 2. The third-order valence-corrected chi connectivity index (χ3v) is 5.06. The Morgan fingerprint density at radius 1 is 1.17 bits per heavy atom. The van der Waals surface area contributed by atoms with Gasteiger partial charge in [0.05, 0.1) is 17.6 Å². The van der Waals surface area contributed by atoms with E-state index < -0.39 is 5.91 Å². The van der Waals surface area contributed by atoms with Gasteiger partial charge in [0, 0.05) is 12.1 Å². The third-order valence-electron chi connectivity index (χ3n) is 3.79. The Morgan fingerprint density at radius 3 is 2.59 bits per heavy atom. The number of nitrogens with zero attached hydrogens (tertiary/aromatic N) is 3. The van der Waals surface area contributed by atoms with E-state index in [-0.39, 0.29) is 18.3 Å². The molecule has 0 spiro atoms. The van der Waals surface area contributed by atoms with Crippen LogP contribution >= 0.6 is 23.4 Å². The van der Waals surface area contributed by atoms with Crippen LogP contribution in [0.15, 0.2) is 46.2 Å². The summed E-state index contributed by atoms with van der Waals surface area (Å²) in [6, 6.07) is 8.40. The van der Waals surface area contributed by atoms with Crippen LogP contribution < -0.4 is 15.6 Å². The van der Waals surface area contributed by atoms with E-state index in [1.807, 2.05) is 13.0 Å². The molecular formula is C18H18ClN5O4S. The summed E-state index contributed by atoms with van der Waals surface area (Å²) in [5.41, 5.74) is 5.46. The first-order chi connectivity index (χ1) is 13.9. The largest absolute Gasteiger partial charge is 0.484 e. The van der Waals surface area contributed by atoms with Crippen molar-refractivity contribution in [2.24, 2.45) is 7.05 Å². The maximum atomic E-state index is 12.0. The number of amides is 2. The summed E-state index contributed by atoms with van der Waals surface area (Å²) in [5.74, 6) is 1.05. The van der Waals surface area contributed by atoms with Gasteiger partial charge in [0.2, 0.25) is 5.91 Å². The van der Waals surface area contributed by atoms with Crippen LogP contribution in [0.5, 0.6) is 5.75 Å². The predicted octanol–water partition coefficient (Wildman–Crippen LogP) is 2.36. The Balaban J connectivity index is 1.42. The van der Waals surface area contributed by atoms with Crippen molar-refractivity contribution in [3.63, 3.8) is 0 Å². The average Bonchev–Trinajstić information content (AvgIpc) is 3.29. The van der Waals surface area contributed by atoms with Crippen molar-refractivity contribution in [3.8, 4) is 17.1 Å². The lowest BCUT2D eigenvalue weighted by Gasteiger charge is -2.09. The first-order valence-corrected chi connectivity index (χ1v) is 9.83. The molecule has 0 aliphatic rings. The second kappa shape index (κ2) is 9.48. The zero-order valence-corrected chi connectivity index (χ0v) is 17.2. The van der Waals surface area contributed by atoms with Gasteiger partial charge in [-0.3, -0.25) is 20.4 Å². The van der Waals surface area contributed by atoms with Crippen LogP contribution in [-0.2, 0) is 16.6 Å². The maximum absolute atomic E-state index is 12.0. The molecule has 0 aliphatic heterocycles. The topological polar surface area (TPSA) is 111 Å². The minimum Gasteiger partial charge on any atom is -0.484 e. The van der Waals surface area contributed by atoms with Crippen molar-refractivity contribution in [2.45, 2.75) is 12.1 Å². The molecule has 1 aromatic carbocycles. The smallest absolute Gasteiger partial charge is 0.276 e. The van der Waals surface area contributed by atoms with Crippen molar-refractivity contribution in [2.75, 3.05) is 12.4 Å². The number of hydrogen-bond donors (Lipinski definition) is 2. The van der Waals surface area contributed by atoms with Crippen molar-refractivity contribution >= 4 is 35.2 Å². The summed E-state index contributed by atoms with van der Waals surface area (Å²) in [5, 5.41) is 9.36. The van der Waals surface area contributed by atoms with Gasteiger partial charge >= 0.3 is 0 Å². The molecule has 0 unspecified atom stereocenters. The number of benzene rings is 1. The summed E-state index contributed by atoms with van der Waals surface area (Å²) < 4.78 is 12.3. The molecule has 3 rings (SSSR count). The van der Waals surface area contributed by atoms with E-state index in [4.69, 9.17) is 20.8 Å². The average molecular weight is 436 g/mol. The normalized spacial score (nSPS) is 10.6. The summed E-state index contributed by atoms with van der Waals surface area (Å²) in [4.78, 5) is 23.7. The molecule has 0 aliphatic carbocycles. The van der Waals surface area contributed by atoms with Crippen LogP contribution in [0, 0.1) is 6.92 Å². The SMILES string of the molecule is Cc1occc1-c1nnc(SCC(=O)NNC(=O)COc2ccc(Cl)cc2)n1C. The molecule has 2 aromatic heterocycles. The van der Waals surface area contributed by atoms with Crippen molar-refractivity contribution in [3.05, 3.63) is 47.4 Å². The van der Waals surface area contributed by atoms with Crippen LogP contribution in [0.25, 0.3) is 11.4 Å². The minimum absolute atomic E-state index is 0.0503. The lowest BCUT2D eigenvalue weighted by Crippen LogP contribution is -2.44. The number of thioether (sulfide) groups is 1. The number of hydrazine groups is 1. The molecule has 0 atom stereocenters. The zero-order chi connectivity index (χ0) is 20.8. The van der Waals surface area contributed by atoms with Crippen molar-refractivity contribution in [1.29, 1.82) is 0 Å². The quantitative estimate of drug-likeness (QED) is 0.432. The van der Waals surface area contributed by atoms with E-state index in [0.29, 0.717) is 21.8 Å². The molecule has 0 saturated carbocycles. The number of halogens is 1. The molecule has 152 valence electrons. The summed E-state index contributed by atoms with van der Waals surface area (Å²) in [7, 11) is 1.80. The highest BCUT2D eigenvalue weighted by Gasteiger charge is 2.16. The van der Waals surface area contributed by atoms with E-state index in [1.165, 1.54) is 11.8 Å². The molecule has 29 heavy (non-hydrogen) atoms. The lowest BCUT2D eigenvalue weighted by molar-refractivity contribution is -0.128. The number of aromatic nitrogens is 3. The van der Waals surface area contributed by atoms with Crippen LogP contribution in [0.4, 0.5) is 0 Å². The molecule has 11 heteroatoms. The summed E-state index contributed by atoms with van der Waals surface area (Å²) in [6.45, 7) is 1.59. The molecule has 0 fully saturated rings. The van der Waals surface area contributed by atoms with Gasteiger partial charge in [0.1, 0.15) is 11.5 Å². The Morgan fingerprint density at radius 2 is 1.90 bits per heavy atom. The lowest BCUT2D eigenvalue weighted by atomic mass is 10.2. The maximum Gasteiger partial charge on any atom is 0.276 e. The fraction of sp³-hybridized carbons (Fsp3) is 0.222. The number of aryl methyl sites for hydroxylation is 1. The van der Waals surface area contributed by atoms with E-state index >= 15 is 0 Å². The zero-order valence-electron chi connectivity index (χ0n) is 15.6. The van der Waals surface area contributed by atoms with E-state index in [1.54, 1.807) is 42.1 Å². The number of rotatable bonds is 7. The van der Waals surface area contributed by atoms with Gasteiger partial charge in [-0.05, 0) is 37.3 Å². The number of hydrogen-bond acceptors (Lipinski definition) is 7. The number of nitrogens with one attached hydrogen (secondary N) is 2. The first-order valence-electron chi connectivity index (χ1n) is 8.46. The number of carbonyl (C=O) groups excluding carboxylic acids is 2. The Hall–Kier alpha value is -2.98. The molecule has 0 bridgehead atoms. The monoisotopic (exact) mass is 435 g/mol. The van der Waals surface area contributed by atoms with E-state index in [9.17, 15) is 9.59 Å². The van der Waals surface area contributed by atoms with Crippen molar-refractivity contribution < 1.29 is 18.7 Å². The highest BCUT2D eigenvalue weighted by Crippen LogP contribution is 2.25. The molecule has 0 saturated heterocycles. The summed E-state index contributed by atoms with van der Waals surface area (Å²) in [6.07, 6.45) is 1.58. The second-order valence-electron chi connectivity index (χ2n) is 5.88. The highest BCUT2D eigenvalue weighted by molar-refractivity contribution is 7.99. The molecule has 2 N–H and O–H groups in total. The summed E-state index contributed by atoms with van der Waals surface area (Å²) >= 11 is 6.97. The number of ether oxygens (including phenoxy) is 1. The van der Waals surface area contributed by atoms with E-state index in [2.05, 4.69) is 21.0 Å². The highest BCUT2D eigenvalue weighted by atomic mass is 35.5. The van der Waals surface area contributed by atoms with Crippen LogP contribution in [0.2, 0.25) is 5.02 Å². The molecule has 2 heterocycles. The molecule has 0 radical (unpaired) electrons. The molecular weight excluding hydrogens is 418 g/mol. The van der Waals surface area contributed by atoms with Crippen LogP contribution in [-0.4, -0.2) is 38.9 Å².